The molecule has 1 aliphatic heterocycles. The summed E-state index contributed by atoms with van der Waals surface area (Å²) in [6.07, 6.45) is 4.15. The van der Waals surface area contributed by atoms with Crippen LogP contribution < -0.4 is 15.8 Å². The Labute approximate surface area is 174 Å². The van der Waals surface area contributed by atoms with Crippen molar-refractivity contribution in [3.05, 3.63) is 29.8 Å². The molecule has 1 aromatic rings. The van der Waals surface area contributed by atoms with E-state index < -0.39 is 10.0 Å². The Kier molecular flexibility index (Phi) is 10.4. The van der Waals surface area contributed by atoms with Crippen molar-refractivity contribution >= 4 is 28.3 Å². The molecule has 1 unspecified atom stereocenters. The molecule has 0 bridgehead atoms. The fourth-order valence-corrected chi connectivity index (χ4v) is 3.98. The molecule has 7 nitrogen and oxygen atoms in total. The highest BCUT2D eigenvalue weighted by molar-refractivity contribution is 7.89. The Bertz CT molecular complexity index is 704. The molecule has 4 N–H and O–H groups in total. The van der Waals surface area contributed by atoms with Gasteiger partial charge in [0.25, 0.3) is 0 Å². The van der Waals surface area contributed by atoms with E-state index in [1.807, 2.05) is 14.0 Å². The lowest BCUT2D eigenvalue weighted by Crippen LogP contribution is -2.48. The van der Waals surface area contributed by atoms with Gasteiger partial charge in [-0.05, 0) is 82.9 Å². The molecular formula is C19H33ClN4O3S. The number of piperidine rings is 1. The molecule has 0 aromatic heterocycles. The lowest BCUT2D eigenvalue weighted by atomic mass is 9.93. The first kappa shape index (κ1) is 24.8. The minimum Gasteiger partial charge on any atom is -0.354 e. The Morgan fingerprint density at radius 3 is 2.36 bits per heavy atom. The highest BCUT2D eigenvalue weighted by Crippen LogP contribution is 2.21. The quantitative estimate of drug-likeness (QED) is 0.542. The second kappa shape index (κ2) is 11.7. The summed E-state index contributed by atoms with van der Waals surface area (Å²) in [6, 6.07) is 6.32. The number of benzene rings is 1. The van der Waals surface area contributed by atoms with Crippen LogP contribution >= 0.6 is 12.4 Å². The predicted octanol–water partition coefficient (Wildman–Crippen LogP) is 1.12. The number of nitrogens with one attached hydrogen (secondary N) is 2. The third-order valence-electron chi connectivity index (χ3n) is 5.34. The number of nitrogens with zero attached hydrogens (tertiary/aromatic N) is 1. The van der Waals surface area contributed by atoms with E-state index in [0.717, 1.165) is 44.0 Å². The van der Waals surface area contributed by atoms with Crippen molar-refractivity contribution in [3.8, 4) is 0 Å². The zero-order valence-electron chi connectivity index (χ0n) is 16.7. The molecule has 0 spiro atoms. The van der Waals surface area contributed by atoms with Crippen LogP contribution in [0.4, 0.5) is 0 Å². The molecule has 1 heterocycles. The molecule has 0 radical (unpaired) electrons. The van der Waals surface area contributed by atoms with Crippen LogP contribution in [0.15, 0.2) is 29.2 Å². The number of hydrogen-bond acceptors (Lipinski definition) is 5. The zero-order valence-corrected chi connectivity index (χ0v) is 18.3. The summed E-state index contributed by atoms with van der Waals surface area (Å²) in [5, 5.41) is 11.3. The van der Waals surface area contributed by atoms with Crippen molar-refractivity contribution in [2.24, 2.45) is 11.1 Å². The number of carbonyl (C=O) groups excluding carboxylic acids is 1. The molecule has 1 atom stereocenters. The Hall–Kier alpha value is -1.19. The molecule has 1 saturated heterocycles. The van der Waals surface area contributed by atoms with Crippen LogP contribution in [0.1, 0.15) is 31.7 Å². The minimum absolute atomic E-state index is 0. The van der Waals surface area contributed by atoms with E-state index in [1.165, 1.54) is 18.6 Å². The molecular weight excluding hydrogens is 400 g/mol. The fourth-order valence-electron chi connectivity index (χ4n) is 3.47. The highest BCUT2D eigenvalue weighted by atomic mass is 35.5. The largest absolute Gasteiger partial charge is 0.354 e. The van der Waals surface area contributed by atoms with Crippen LogP contribution in [0, 0.1) is 5.92 Å². The van der Waals surface area contributed by atoms with Gasteiger partial charge < -0.3 is 10.6 Å². The number of carbonyl (C=O) groups is 1. The van der Waals surface area contributed by atoms with Crippen LogP contribution in [0.3, 0.4) is 0 Å². The van der Waals surface area contributed by atoms with E-state index in [-0.39, 0.29) is 29.3 Å². The normalized spacial score (nSPS) is 17.0. The average Bonchev–Trinajstić information content (AvgIpc) is 2.66. The van der Waals surface area contributed by atoms with E-state index in [9.17, 15) is 13.2 Å². The highest BCUT2D eigenvalue weighted by Gasteiger charge is 2.26. The van der Waals surface area contributed by atoms with Gasteiger partial charge in [0.15, 0.2) is 0 Å². The van der Waals surface area contributed by atoms with Crippen molar-refractivity contribution in [3.63, 3.8) is 0 Å². The van der Waals surface area contributed by atoms with Gasteiger partial charge in [-0.3, -0.25) is 9.69 Å². The molecule has 1 fully saturated rings. The predicted molar refractivity (Wildman–Crippen MR) is 114 cm³/mol. The lowest BCUT2D eigenvalue weighted by Gasteiger charge is -2.35. The number of sulfonamides is 1. The van der Waals surface area contributed by atoms with Crippen LogP contribution in [0.25, 0.3) is 0 Å². The molecule has 28 heavy (non-hydrogen) atoms. The van der Waals surface area contributed by atoms with Crippen molar-refractivity contribution in [1.29, 1.82) is 0 Å². The van der Waals surface area contributed by atoms with Gasteiger partial charge >= 0.3 is 0 Å². The Morgan fingerprint density at radius 1 is 1.21 bits per heavy atom. The molecule has 0 aliphatic carbocycles. The third kappa shape index (κ3) is 7.67. The monoisotopic (exact) mass is 432 g/mol. The topological polar surface area (TPSA) is 105 Å². The van der Waals surface area contributed by atoms with Gasteiger partial charge in [-0.25, -0.2) is 13.6 Å². The average molecular weight is 433 g/mol. The second-order valence-electron chi connectivity index (χ2n) is 7.28. The van der Waals surface area contributed by atoms with Gasteiger partial charge in [-0.15, -0.1) is 12.4 Å². The lowest BCUT2D eigenvalue weighted by molar-refractivity contribution is -0.126. The SMILES string of the molecule is CNCCC1CCN(C(C)C(=O)NCCc2ccc(S(N)(=O)=O)cc2)CC1.Cl. The zero-order chi connectivity index (χ0) is 19.9. The first-order valence-corrected chi connectivity index (χ1v) is 11.1. The van der Waals surface area contributed by atoms with Gasteiger partial charge in [0.2, 0.25) is 15.9 Å². The standard InChI is InChI=1S/C19H32N4O3S.ClH/c1-15(23-13-9-17(10-14-23)7-11-21-2)19(24)22-12-8-16-3-5-18(6-4-16)27(20,25)26;/h3-6,15,17,21H,7-14H2,1-2H3,(H,22,24)(H2,20,25,26);1H. The van der Waals surface area contributed by atoms with Gasteiger partial charge in [0.1, 0.15) is 0 Å². The number of hydrogen-bond donors (Lipinski definition) is 3. The van der Waals surface area contributed by atoms with Crippen molar-refractivity contribution in [2.75, 3.05) is 33.2 Å². The molecule has 1 aromatic carbocycles. The van der Waals surface area contributed by atoms with E-state index in [4.69, 9.17) is 5.14 Å². The summed E-state index contributed by atoms with van der Waals surface area (Å²) < 4.78 is 22.5. The number of likely N-dealkylation sites (tertiary alicyclic amines) is 1. The van der Waals surface area contributed by atoms with Gasteiger partial charge in [0, 0.05) is 6.54 Å². The smallest absolute Gasteiger partial charge is 0.238 e. The van der Waals surface area contributed by atoms with Crippen molar-refractivity contribution in [1.82, 2.24) is 15.5 Å². The van der Waals surface area contributed by atoms with Gasteiger partial charge in [-0.1, -0.05) is 12.1 Å². The minimum atomic E-state index is -3.67. The maximum atomic E-state index is 12.4. The van der Waals surface area contributed by atoms with Gasteiger partial charge in [-0.2, -0.15) is 0 Å². The van der Waals surface area contributed by atoms with E-state index >= 15 is 0 Å². The summed E-state index contributed by atoms with van der Waals surface area (Å²) in [6.45, 7) is 5.48. The molecule has 1 amide bonds. The molecule has 2 rings (SSSR count). The van der Waals surface area contributed by atoms with Crippen molar-refractivity contribution in [2.45, 2.75) is 43.5 Å². The summed E-state index contributed by atoms with van der Waals surface area (Å²) in [5.74, 6) is 0.800. The fraction of sp³-hybridized carbons (Fsp3) is 0.632. The summed E-state index contributed by atoms with van der Waals surface area (Å²) in [7, 11) is -1.68. The van der Waals surface area contributed by atoms with E-state index in [1.54, 1.807) is 12.1 Å². The molecule has 0 saturated carbocycles. The summed E-state index contributed by atoms with van der Waals surface area (Å²) >= 11 is 0. The van der Waals surface area contributed by atoms with Crippen molar-refractivity contribution < 1.29 is 13.2 Å². The summed E-state index contributed by atoms with van der Waals surface area (Å²) in [4.78, 5) is 14.8. The number of rotatable bonds is 9. The van der Waals surface area contributed by atoms with Crippen LogP contribution in [-0.4, -0.2) is 58.5 Å². The van der Waals surface area contributed by atoms with Crippen LogP contribution in [-0.2, 0) is 21.2 Å². The number of primary sulfonamides is 1. The molecule has 9 heteroatoms. The van der Waals surface area contributed by atoms with Crippen LogP contribution in [0.5, 0.6) is 0 Å². The first-order valence-electron chi connectivity index (χ1n) is 9.59. The first-order chi connectivity index (χ1) is 12.8. The van der Waals surface area contributed by atoms with E-state index in [0.29, 0.717) is 13.0 Å². The number of amides is 1. The maximum absolute atomic E-state index is 12.4. The van der Waals surface area contributed by atoms with Gasteiger partial charge in [0.05, 0.1) is 10.9 Å². The summed E-state index contributed by atoms with van der Waals surface area (Å²) in [5.41, 5.74) is 0.959. The Morgan fingerprint density at radius 2 is 1.82 bits per heavy atom. The Balaban J connectivity index is 0.00000392. The third-order valence-corrected chi connectivity index (χ3v) is 6.27. The second-order valence-corrected chi connectivity index (χ2v) is 8.84. The molecule has 160 valence electrons. The molecule has 1 aliphatic rings. The van der Waals surface area contributed by atoms with Crippen LogP contribution in [0.2, 0.25) is 0 Å². The number of nitrogens with two attached hydrogens (primary N) is 1. The number of halogens is 1. The van der Waals surface area contributed by atoms with E-state index in [2.05, 4.69) is 15.5 Å². The maximum Gasteiger partial charge on any atom is 0.238 e.